The summed E-state index contributed by atoms with van der Waals surface area (Å²) in [5.41, 5.74) is 0.384. The Morgan fingerprint density at radius 3 is 2.49 bits per heavy atom. The van der Waals surface area contributed by atoms with Crippen LogP contribution in [0.25, 0.3) is 16.9 Å². The first-order valence-corrected chi connectivity index (χ1v) is 11.4. The summed E-state index contributed by atoms with van der Waals surface area (Å²) in [6.07, 6.45) is -4.09. The van der Waals surface area contributed by atoms with Crippen molar-refractivity contribution in [3.8, 4) is 16.9 Å². The number of benzene rings is 2. The molecular weight excluding hydrogens is 517 g/mol. The zero-order chi connectivity index (χ0) is 26.4. The molecule has 5 rings (SSSR count). The normalized spacial score (nSPS) is 23.9. The molecule has 1 fully saturated rings. The molecule has 5 atom stereocenters. The first-order valence-electron chi connectivity index (χ1n) is 11.1. The number of aliphatic hydroxyl groups excluding tert-OH is 3. The Morgan fingerprint density at radius 1 is 1.08 bits per heavy atom. The lowest BCUT2D eigenvalue weighted by Gasteiger charge is -2.41. The van der Waals surface area contributed by atoms with Crippen molar-refractivity contribution < 1.29 is 33.2 Å². The molecule has 0 saturated carbocycles. The van der Waals surface area contributed by atoms with Gasteiger partial charge in [0.15, 0.2) is 23.3 Å². The largest absolute Gasteiger partial charge is 0.394 e. The highest BCUT2D eigenvalue weighted by atomic mass is 35.5. The van der Waals surface area contributed by atoms with Crippen LogP contribution in [0.2, 0.25) is 5.02 Å². The maximum absolute atomic E-state index is 13.7. The number of hydrogen-bond donors (Lipinski definition) is 3. The average molecular weight is 537 g/mol. The Hall–Kier alpha value is -3.36. The molecule has 1 saturated heterocycles. The maximum Gasteiger partial charge on any atom is 0.194 e. The first kappa shape index (κ1) is 25.3. The highest BCUT2D eigenvalue weighted by Crippen LogP contribution is 2.38. The number of hydrogen-bond acceptors (Lipinski definition) is 8. The van der Waals surface area contributed by atoms with E-state index in [0.29, 0.717) is 16.5 Å². The quantitative estimate of drug-likeness (QED) is 0.331. The maximum atomic E-state index is 13.7. The number of ether oxygens (including phenoxy) is 1. The molecule has 0 radical (unpaired) electrons. The molecule has 1 aliphatic heterocycles. The molecule has 1 aliphatic rings. The van der Waals surface area contributed by atoms with E-state index in [1.165, 1.54) is 10.9 Å². The lowest BCUT2D eigenvalue weighted by molar-refractivity contribution is -0.210. The van der Waals surface area contributed by atoms with Crippen LogP contribution in [0.5, 0.6) is 0 Å². The number of nitrogens with zero attached hydrogens (tertiary/aromatic N) is 6. The van der Waals surface area contributed by atoms with Gasteiger partial charge in [-0.25, -0.2) is 27.5 Å². The summed E-state index contributed by atoms with van der Waals surface area (Å²) >= 11 is 6.12. The fourth-order valence-electron chi connectivity index (χ4n) is 4.30. The third-order valence-electron chi connectivity index (χ3n) is 6.03. The zero-order valence-electron chi connectivity index (χ0n) is 19.1. The third-order valence-corrected chi connectivity index (χ3v) is 6.27. The van der Waals surface area contributed by atoms with Crippen molar-refractivity contribution in [3.05, 3.63) is 76.7 Å². The Morgan fingerprint density at radius 2 is 1.81 bits per heavy atom. The molecule has 194 valence electrons. The van der Waals surface area contributed by atoms with Gasteiger partial charge in [0, 0.05) is 10.6 Å². The molecule has 0 amide bonds. The second-order valence-electron chi connectivity index (χ2n) is 8.50. The van der Waals surface area contributed by atoms with Gasteiger partial charge in [-0.05, 0) is 37.3 Å². The van der Waals surface area contributed by atoms with Crippen LogP contribution < -0.4 is 0 Å². The minimum absolute atomic E-state index is 0.0428. The Kier molecular flexibility index (Phi) is 6.72. The molecule has 37 heavy (non-hydrogen) atoms. The highest BCUT2D eigenvalue weighted by Gasteiger charge is 2.48. The molecule has 0 bridgehead atoms. The van der Waals surface area contributed by atoms with Gasteiger partial charge in [0.05, 0.1) is 18.5 Å². The minimum Gasteiger partial charge on any atom is -0.394 e. The van der Waals surface area contributed by atoms with Crippen molar-refractivity contribution in [2.24, 2.45) is 0 Å². The number of aromatic nitrogens is 6. The van der Waals surface area contributed by atoms with Crippen LogP contribution in [-0.2, 0) is 4.74 Å². The van der Waals surface area contributed by atoms with Gasteiger partial charge in [0.25, 0.3) is 0 Å². The van der Waals surface area contributed by atoms with Gasteiger partial charge in [0.2, 0.25) is 0 Å². The molecular formula is C23H20ClF3N6O4. The van der Waals surface area contributed by atoms with E-state index in [9.17, 15) is 28.5 Å². The summed E-state index contributed by atoms with van der Waals surface area (Å²) in [6, 6.07) is 7.01. The van der Waals surface area contributed by atoms with E-state index in [0.717, 1.165) is 16.8 Å². The predicted molar refractivity (Wildman–Crippen MR) is 122 cm³/mol. The number of rotatable bonds is 5. The highest BCUT2D eigenvalue weighted by molar-refractivity contribution is 6.30. The monoisotopic (exact) mass is 536 g/mol. The Bertz CT molecular complexity index is 1430. The van der Waals surface area contributed by atoms with Gasteiger partial charge in [-0.15, -0.1) is 5.10 Å². The minimum atomic E-state index is -1.63. The molecule has 2 aromatic carbocycles. The van der Waals surface area contributed by atoms with Gasteiger partial charge < -0.3 is 20.1 Å². The predicted octanol–water partition coefficient (Wildman–Crippen LogP) is 2.30. The van der Waals surface area contributed by atoms with Gasteiger partial charge in [-0.3, -0.25) is 0 Å². The summed E-state index contributed by atoms with van der Waals surface area (Å²) < 4.78 is 49.2. The van der Waals surface area contributed by atoms with Crippen LogP contribution in [0.4, 0.5) is 13.2 Å². The lowest BCUT2D eigenvalue weighted by Crippen LogP contribution is -2.53. The third kappa shape index (κ3) is 4.60. The van der Waals surface area contributed by atoms with Gasteiger partial charge in [0.1, 0.15) is 42.0 Å². The van der Waals surface area contributed by atoms with Crippen LogP contribution in [0.15, 0.2) is 42.6 Å². The van der Waals surface area contributed by atoms with Crippen molar-refractivity contribution in [1.82, 2.24) is 29.8 Å². The fourth-order valence-corrected chi connectivity index (χ4v) is 4.48. The lowest BCUT2D eigenvalue weighted by atomic mass is 9.92. The van der Waals surface area contributed by atoms with E-state index in [4.69, 9.17) is 16.3 Å². The molecule has 0 spiro atoms. The van der Waals surface area contributed by atoms with E-state index in [-0.39, 0.29) is 17.1 Å². The second-order valence-corrected chi connectivity index (χ2v) is 8.93. The zero-order valence-corrected chi connectivity index (χ0v) is 19.8. The van der Waals surface area contributed by atoms with Crippen molar-refractivity contribution >= 4 is 11.6 Å². The van der Waals surface area contributed by atoms with Gasteiger partial charge in [-0.2, -0.15) is 5.10 Å². The SMILES string of the molecule is Cc1nc([C@@H]2O[C@H](CO)[C@H](O)[C@H](n3cc(-c4cc(F)c(F)c(F)c4)nn3)[C@H]2O)n(-c2cccc(Cl)c2)n1. The van der Waals surface area contributed by atoms with E-state index >= 15 is 0 Å². The summed E-state index contributed by atoms with van der Waals surface area (Å²) in [6.45, 7) is 1.03. The number of aliphatic hydroxyl groups is 3. The van der Waals surface area contributed by atoms with E-state index in [2.05, 4.69) is 20.4 Å². The van der Waals surface area contributed by atoms with Gasteiger partial charge >= 0.3 is 0 Å². The standard InChI is InChI=1S/C23H20ClF3N6O4/c1-10-28-23(33(30-10)13-4-2-3-12(24)7-13)22-21(36)19(20(35)17(9-34)37-22)32-8-16(29-31-32)11-5-14(25)18(27)15(26)6-11/h2-8,17,19-22,34-36H,9H2,1H3/t17-,19+,20+,21-,22-/m1/s1. The van der Waals surface area contributed by atoms with Crippen molar-refractivity contribution in [1.29, 1.82) is 0 Å². The molecule has 3 heterocycles. The molecule has 0 unspecified atom stereocenters. The number of halogens is 4. The smallest absolute Gasteiger partial charge is 0.194 e. The van der Waals surface area contributed by atoms with Crippen molar-refractivity contribution in [2.45, 2.75) is 37.4 Å². The number of aryl methyl sites for hydroxylation is 1. The fraction of sp³-hybridized carbons (Fsp3) is 0.304. The van der Waals surface area contributed by atoms with Crippen molar-refractivity contribution in [2.75, 3.05) is 6.61 Å². The molecule has 0 aliphatic carbocycles. The molecule has 2 aromatic heterocycles. The Balaban J connectivity index is 1.54. The van der Waals surface area contributed by atoms with Gasteiger partial charge in [-0.1, -0.05) is 22.9 Å². The van der Waals surface area contributed by atoms with Crippen molar-refractivity contribution in [3.63, 3.8) is 0 Å². The van der Waals surface area contributed by atoms with Crippen LogP contribution in [-0.4, -0.2) is 70.0 Å². The van der Waals surface area contributed by atoms with Crippen LogP contribution >= 0.6 is 11.6 Å². The molecule has 4 aromatic rings. The molecule has 14 heteroatoms. The topological polar surface area (TPSA) is 131 Å². The van der Waals surface area contributed by atoms with Crippen LogP contribution in [0.1, 0.15) is 23.8 Å². The van der Waals surface area contributed by atoms with E-state index < -0.39 is 54.5 Å². The van der Waals surface area contributed by atoms with E-state index in [1.807, 2.05) is 0 Å². The molecule has 10 nitrogen and oxygen atoms in total. The molecule has 3 N–H and O–H groups in total. The Labute approximate surface area is 212 Å². The van der Waals surface area contributed by atoms with E-state index in [1.54, 1.807) is 31.2 Å². The summed E-state index contributed by atoms with van der Waals surface area (Å²) in [7, 11) is 0. The first-order chi connectivity index (χ1) is 17.7. The van der Waals surface area contributed by atoms with Crippen LogP contribution in [0, 0.1) is 24.4 Å². The summed E-state index contributed by atoms with van der Waals surface area (Å²) in [5.74, 6) is -3.92. The summed E-state index contributed by atoms with van der Waals surface area (Å²) in [5, 5.41) is 44.7. The van der Waals surface area contributed by atoms with Crippen LogP contribution in [0.3, 0.4) is 0 Å². The average Bonchev–Trinajstić information content (AvgIpc) is 3.50. The second kappa shape index (κ2) is 9.84. The summed E-state index contributed by atoms with van der Waals surface area (Å²) in [4.78, 5) is 4.39.